The summed E-state index contributed by atoms with van der Waals surface area (Å²) in [4.78, 5) is 16.6. The maximum Gasteiger partial charge on any atom is 0.234 e. The van der Waals surface area contributed by atoms with Crippen LogP contribution in [0.15, 0.2) is 78.2 Å². The number of nitrogens with zero attached hydrogens (tertiary/aromatic N) is 4. The summed E-state index contributed by atoms with van der Waals surface area (Å²) in [6.07, 6.45) is 3.39. The smallest absolute Gasteiger partial charge is 0.234 e. The predicted octanol–water partition coefficient (Wildman–Crippen LogP) is 4.72. The van der Waals surface area contributed by atoms with E-state index in [0.717, 1.165) is 11.3 Å². The number of amides is 1. The molecule has 4 aromatic rings. The highest BCUT2D eigenvalue weighted by Crippen LogP contribution is 2.29. The average molecular weight is 452 g/mol. The third kappa shape index (κ3) is 4.87. The van der Waals surface area contributed by atoms with Gasteiger partial charge in [-0.3, -0.25) is 14.3 Å². The number of ether oxygens (including phenoxy) is 1. The molecule has 0 radical (unpaired) electrons. The third-order valence-corrected chi connectivity index (χ3v) is 5.52. The van der Waals surface area contributed by atoms with Crippen LogP contribution >= 0.6 is 23.4 Å². The molecule has 7 nitrogen and oxygen atoms in total. The van der Waals surface area contributed by atoms with Crippen molar-refractivity contribution in [2.75, 3.05) is 18.2 Å². The Balaban J connectivity index is 1.60. The van der Waals surface area contributed by atoms with Crippen LogP contribution in [0, 0.1) is 0 Å². The average Bonchev–Trinajstić information content (AvgIpc) is 3.23. The Kier molecular flexibility index (Phi) is 6.49. The molecular formula is C22H18ClN5O2S. The van der Waals surface area contributed by atoms with Crippen molar-refractivity contribution in [3.05, 3.63) is 78.1 Å². The number of carbonyl (C=O) groups excluding carboxylic acids is 1. The summed E-state index contributed by atoms with van der Waals surface area (Å²) in [5.74, 6) is 1.20. The van der Waals surface area contributed by atoms with Gasteiger partial charge in [0.15, 0.2) is 11.0 Å². The number of methoxy groups -OCH3 is 1. The predicted molar refractivity (Wildman–Crippen MR) is 122 cm³/mol. The first-order valence-corrected chi connectivity index (χ1v) is 10.7. The fourth-order valence-electron chi connectivity index (χ4n) is 2.96. The van der Waals surface area contributed by atoms with Crippen molar-refractivity contribution in [1.29, 1.82) is 0 Å². The number of carbonyl (C=O) groups is 1. The Bertz CT molecular complexity index is 1200. The molecule has 0 aliphatic carbocycles. The number of halogens is 1. The largest absolute Gasteiger partial charge is 0.495 e. The first-order valence-electron chi connectivity index (χ1n) is 9.33. The van der Waals surface area contributed by atoms with Crippen LogP contribution in [0.5, 0.6) is 5.75 Å². The van der Waals surface area contributed by atoms with Gasteiger partial charge in [0.25, 0.3) is 0 Å². The Hall–Kier alpha value is -3.36. The van der Waals surface area contributed by atoms with Gasteiger partial charge in [0.2, 0.25) is 5.91 Å². The molecule has 0 saturated carbocycles. The lowest BCUT2D eigenvalue weighted by Gasteiger charge is -2.11. The minimum atomic E-state index is -0.180. The van der Waals surface area contributed by atoms with Gasteiger partial charge in [0.05, 0.1) is 24.2 Å². The van der Waals surface area contributed by atoms with Crippen molar-refractivity contribution >= 4 is 35.0 Å². The van der Waals surface area contributed by atoms with Crippen molar-refractivity contribution in [3.63, 3.8) is 0 Å². The van der Waals surface area contributed by atoms with Crippen LogP contribution in [0.25, 0.3) is 17.1 Å². The molecule has 2 heterocycles. The van der Waals surface area contributed by atoms with Gasteiger partial charge < -0.3 is 10.1 Å². The van der Waals surface area contributed by atoms with Gasteiger partial charge in [-0.2, -0.15) is 0 Å². The Labute approximate surface area is 188 Å². The van der Waals surface area contributed by atoms with Gasteiger partial charge in [-0.15, -0.1) is 10.2 Å². The van der Waals surface area contributed by atoms with Gasteiger partial charge >= 0.3 is 0 Å². The lowest BCUT2D eigenvalue weighted by Crippen LogP contribution is -2.15. The summed E-state index contributed by atoms with van der Waals surface area (Å²) < 4.78 is 7.16. The normalized spacial score (nSPS) is 10.6. The van der Waals surface area contributed by atoms with Crippen LogP contribution in [-0.2, 0) is 4.79 Å². The van der Waals surface area contributed by atoms with E-state index in [1.165, 1.54) is 11.8 Å². The van der Waals surface area contributed by atoms with Crippen molar-refractivity contribution in [3.8, 4) is 22.8 Å². The SMILES string of the molecule is COc1ccccc1NC(=O)CSc1nnc(-c2ccncc2)n1-c1cccc(Cl)c1. The Morgan fingerprint density at radius 1 is 1.10 bits per heavy atom. The van der Waals surface area contributed by atoms with Gasteiger partial charge in [-0.1, -0.05) is 41.6 Å². The molecule has 0 aliphatic heterocycles. The number of para-hydroxylation sites is 2. The number of hydrogen-bond donors (Lipinski definition) is 1. The molecule has 4 rings (SSSR count). The maximum atomic E-state index is 12.6. The second-order valence-electron chi connectivity index (χ2n) is 6.39. The van der Waals surface area contributed by atoms with E-state index in [2.05, 4.69) is 20.5 Å². The quantitative estimate of drug-likeness (QED) is 0.409. The van der Waals surface area contributed by atoms with Crippen LogP contribution in [-0.4, -0.2) is 38.5 Å². The van der Waals surface area contributed by atoms with Crippen LogP contribution in [0.4, 0.5) is 5.69 Å². The van der Waals surface area contributed by atoms with Crippen molar-refractivity contribution < 1.29 is 9.53 Å². The van der Waals surface area contributed by atoms with Crippen LogP contribution in [0.1, 0.15) is 0 Å². The van der Waals surface area contributed by atoms with E-state index < -0.39 is 0 Å². The molecule has 0 unspecified atom stereocenters. The molecule has 0 spiro atoms. The number of rotatable bonds is 7. The highest BCUT2D eigenvalue weighted by atomic mass is 35.5. The van der Waals surface area contributed by atoms with E-state index in [1.807, 2.05) is 47.0 Å². The summed E-state index contributed by atoms with van der Waals surface area (Å²) in [7, 11) is 1.56. The second kappa shape index (κ2) is 9.63. The van der Waals surface area contributed by atoms with E-state index in [1.54, 1.807) is 37.7 Å². The second-order valence-corrected chi connectivity index (χ2v) is 7.77. The molecule has 0 aliphatic rings. The van der Waals surface area contributed by atoms with Crippen molar-refractivity contribution in [1.82, 2.24) is 19.7 Å². The number of hydrogen-bond acceptors (Lipinski definition) is 6. The van der Waals surface area contributed by atoms with E-state index in [9.17, 15) is 4.79 Å². The topological polar surface area (TPSA) is 81.9 Å². The van der Waals surface area contributed by atoms with Gasteiger partial charge in [0.1, 0.15) is 5.75 Å². The highest BCUT2D eigenvalue weighted by Gasteiger charge is 2.18. The summed E-state index contributed by atoms with van der Waals surface area (Å²) >= 11 is 7.49. The molecule has 9 heteroatoms. The first-order chi connectivity index (χ1) is 15.2. The molecule has 31 heavy (non-hydrogen) atoms. The summed E-state index contributed by atoms with van der Waals surface area (Å²) in [5.41, 5.74) is 2.27. The molecule has 0 atom stereocenters. The van der Waals surface area contributed by atoms with Gasteiger partial charge in [0, 0.05) is 23.0 Å². The number of pyridine rings is 1. The Morgan fingerprint density at radius 2 is 1.90 bits per heavy atom. The molecule has 1 N–H and O–H groups in total. The molecule has 2 aromatic carbocycles. The first kappa shape index (κ1) is 20.9. The monoisotopic (exact) mass is 451 g/mol. The molecule has 156 valence electrons. The fourth-order valence-corrected chi connectivity index (χ4v) is 3.90. The van der Waals surface area contributed by atoms with E-state index in [0.29, 0.717) is 27.4 Å². The van der Waals surface area contributed by atoms with Gasteiger partial charge in [-0.25, -0.2) is 0 Å². The summed E-state index contributed by atoms with van der Waals surface area (Å²) in [6.45, 7) is 0. The molecule has 0 fully saturated rings. The van der Waals surface area contributed by atoms with Crippen molar-refractivity contribution in [2.45, 2.75) is 5.16 Å². The zero-order chi connectivity index (χ0) is 21.6. The number of thioether (sulfide) groups is 1. The zero-order valence-corrected chi connectivity index (χ0v) is 18.1. The molecular weight excluding hydrogens is 434 g/mol. The van der Waals surface area contributed by atoms with Crippen molar-refractivity contribution in [2.24, 2.45) is 0 Å². The third-order valence-electron chi connectivity index (χ3n) is 4.35. The molecule has 0 saturated heterocycles. The zero-order valence-electron chi connectivity index (χ0n) is 16.5. The lowest BCUT2D eigenvalue weighted by molar-refractivity contribution is -0.113. The lowest BCUT2D eigenvalue weighted by atomic mass is 10.2. The van der Waals surface area contributed by atoms with Crippen LogP contribution < -0.4 is 10.1 Å². The number of anilines is 1. The Morgan fingerprint density at radius 3 is 2.68 bits per heavy atom. The van der Waals surface area contributed by atoms with Crippen LogP contribution in [0.3, 0.4) is 0 Å². The minimum Gasteiger partial charge on any atom is -0.495 e. The standard InChI is InChI=1S/C22H18ClN5O2S/c1-30-19-8-3-2-7-18(19)25-20(29)14-31-22-27-26-21(15-9-11-24-12-10-15)28(22)17-6-4-5-16(23)13-17/h2-13H,14H2,1H3,(H,25,29). The number of aromatic nitrogens is 4. The van der Waals surface area contributed by atoms with E-state index in [4.69, 9.17) is 16.3 Å². The highest BCUT2D eigenvalue weighted by molar-refractivity contribution is 7.99. The number of nitrogens with one attached hydrogen (secondary N) is 1. The summed E-state index contributed by atoms with van der Waals surface area (Å²) in [5, 5.41) is 12.7. The minimum absolute atomic E-state index is 0.146. The van der Waals surface area contributed by atoms with E-state index >= 15 is 0 Å². The van der Waals surface area contributed by atoms with E-state index in [-0.39, 0.29) is 11.7 Å². The summed E-state index contributed by atoms with van der Waals surface area (Å²) in [6, 6.07) is 18.4. The van der Waals surface area contributed by atoms with Crippen LogP contribution in [0.2, 0.25) is 5.02 Å². The molecule has 0 bridgehead atoms. The van der Waals surface area contributed by atoms with Gasteiger partial charge in [-0.05, 0) is 42.5 Å². The molecule has 2 aromatic heterocycles. The maximum absolute atomic E-state index is 12.6. The number of benzene rings is 2. The molecule has 1 amide bonds. The fraction of sp³-hybridized carbons (Fsp3) is 0.0909.